The van der Waals surface area contributed by atoms with E-state index in [0.717, 1.165) is 34.2 Å². The summed E-state index contributed by atoms with van der Waals surface area (Å²) in [6.07, 6.45) is 0.844. The Hall–Kier alpha value is -2.00. The van der Waals surface area contributed by atoms with E-state index >= 15 is 0 Å². The molecule has 0 aliphatic heterocycles. The van der Waals surface area contributed by atoms with Gasteiger partial charge in [0.05, 0.1) is 5.92 Å². The van der Waals surface area contributed by atoms with Crippen LogP contribution in [0, 0.1) is 36.3 Å². The fourth-order valence-corrected chi connectivity index (χ4v) is 2.88. The minimum Gasteiger partial charge on any atom is -0.455 e. The molecule has 6 heteroatoms. The van der Waals surface area contributed by atoms with Crippen LogP contribution in [-0.4, -0.2) is 18.5 Å². The van der Waals surface area contributed by atoms with Crippen molar-refractivity contribution in [3.05, 3.63) is 23.3 Å². The summed E-state index contributed by atoms with van der Waals surface area (Å²) in [7, 11) is 0. The first-order valence-corrected chi connectivity index (χ1v) is 7.87. The minimum atomic E-state index is -0.353. The molecule has 5 nitrogen and oxygen atoms in total. The van der Waals surface area contributed by atoms with E-state index in [9.17, 15) is 9.59 Å². The van der Waals surface area contributed by atoms with Crippen LogP contribution in [0.4, 0.5) is 5.69 Å². The van der Waals surface area contributed by atoms with Crippen molar-refractivity contribution in [2.24, 2.45) is 11.8 Å². The molecule has 1 fully saturated rings. The Morgan fingerprint density at radius 3 is 2.50 bits per heavy atom. The van der Waals surface area contributed by atoms with E-state index in [1.807, 2.05) is 38.3 Å². The molecule has 0 unspecified atom stereocenters. The Bertz CT molecular complexity index is 628. The molecule has 1 aliphatic rings. The van der Waals surface area contributed by atoms with Crippen molar-refractivity contribution >= 4 is 29.3 Å². The number of hydrogen-bond acceptors (Lipinski definition) is 5. The van der Waals surface area contributed by atoms with Gasteiger partial charge in [-0.15, -0.1) is 0 Å². The highest BCUT2D eigenvalue weighted by molar-refractivity contribution is 8.03. The number of thioether (sulfide) groups is 1. The number of hydrogen-bond donors (Lipinski definition) is 1. The average molecular weight is 318 g/mol. The summed E-state index contributed by atoms with van der Waals surface area (Å²) in [5, 5.41) is 13.5. The van der Waals surface area contributed by atoms with Gasteiger partial charge >= 0.3 is 5.97 Å². The van der Waals surface area contributed by atoms with Gasteiger partial charge in [-0.05, 0) is 61.2 Å². The molecule has 1 aromatic rings. The molecular weight excluding hydrogens is 300 g/mol. The number of amides is 1. The Morgan fingerprint density at radius 1 is 1.41 bits per heavy atom. The SMILES string of the molecule is Cc1cc(SC#N)cc(C)c1NC(=O)COC(=O)[C@@H]1C[C@@H]1C. The zero-order valence-electron chi connectivity index (χ0n) is 12.8. The predicted octanol–water partition coefficient (Wildman–Crippen LogP) is 3.01. The van der Waals surface area contributed by atoms with Crippen molar-refractivity contribution < 1.29 is 14.3 Å². The highest BCUT2D eigenvalue weighted by Crippen LogP contribution is 2.38. The van der Waals surface area contributed by atoms with Gasteiger partial charge in [-0.25, -0.2) is 0 Å². The summed E-state index contributed by atoms with van der Waals surface area (Å²) in [5.74, 6) is -0.325. The van der Waals surface area contributed by atoms with Crippen LogP contribution in [0.3, 0.4) is 0 Å². The number of benzene rings is 1. The van der Waals surface area contributed by atoms with E-state index < -0.39 is 0 Å². The number of carbonyl (C=O) groups is 2. The molecule has 116 valence electrons. The van der Waals surface area contributed by atoms with Crippen LogP contribution in [0.2, 0.25) is 0 Å². The molecule has 0 bridgehead atoms. The summed E-state index contributed by atoms with van der Waals surface area (Å²) < 4.78 is 5.01. The van der Waals surface area contributed by atoms with Gasteiger partial charge in [0, 0.05) is 10.6 Å². The monoisotopic (exact) mass is 318 g/mol. The summed E-state index contributed by atoms with van der Waals surface area (Å²) in [4.78, 5) is 24.3. The van der Waals surface area contributed by atoms with Crippen LogP contribution in [-0.2, 0) is 14.3 Å². The maximum atomic E-state index is 11.9. The van der Waals surface area contributed by atoms with E-state index in [-0.39, 0.29) is 24.4 Å². The lowest BCUT2D eigenvalue weighted by molar-refractivity contribution is -0.148. The third kappa shape index (κ3) is 4.01. The molecule has 1 N–H and O–H groups in total. The zero-order chi connectivity index (χ0) is 16.3. The molecule has 1 amide bonds. The Kier molecular flexibility index (Phi) is 5.09. The van der Waals surface area contributed by atoms with Crippen molar-refractivity contribution in [1.29, 1.82) is 5.26 Å². The lowest BCUT2D eigenvalue weighted by Crippen LogP contribution is -2.22. The lowest BCUT2D eigenvalue weighted by Gasteiger charge is -2.13. The number of nitrogens with one attached hydrogen (secondary N) is 1. The Balaban J connectivity index is 1.94. The quantitative estimate of drug-likeness (QED) is 0.513. The molecule has 0 radical (unpaired) electrons. The molecule has 0 saturated heterocycles. The lowest BCUT2D eigenvalue weighted by atomic mass is 10.1. The van der Waals surface area contributed by atoms with Gasteiger partial charge in [-0.3, -0.25) is 9.59 Å². The Labute approximate surface area is 134 Å². The number of esters is 1. The van der Waals surface area contributed by atoms with Gasteiger partial charge < -0.3 is 10.1 Å². The summed E-state index contributed by atoms with van der Waals surface area (Å²) in [5.41, 5.74) is 2.43. The number of nitrogens with zero attached hydrogens (tertiary/aromatic N) is 1. The Morgan fingerprint density at radius 2 is 2.00 bits per heavy atom. The van der Waals surface area contributed by atoms with Crippen molar-refractivity contribution in [2.45, 2.75) is 32.1 Å². The molecule has 0 aromatic heterocycles. The van der Waals surface area contributed by atoms with Crippen molar-refractivity contribution in [3.8, 4) is 5.40 Å². The second-order valence-electron chi connectivity index (χ2n) is 5.60. The second kappa shape index (κ2) is 6.84. The van der Waals surface area contributed by atoms with Gasteiger partial charge in [0.25, 0.3) is 5.91 Å². The van der Waals surface area contributed by atoms with Crippen LogP contribution in [0.5, 0.6) is 0 Å². The molecule has 1 aromatic carbocycles. The number of carbonyl (C=O) groups excluding carboxylic acids is 2. The summed E-state index contributed by atoms with van der Waals surface area (Å²) in [6.45, 7) is 5.44. The zero-order valence-corrected chi connectivity index (χ0v) is 13.6. The first-order valence-electron chi connectivity index (χ1n) is 7.06. The van der Waals surface area contributed by atoms with Crippen molar-refractivity contribution in [3.63, 3.8) is 0 Å². The fourth-order valence-electron chi connectivity index (χ4n) is 2.30. The van der Waals surface area contributed by atoms with E-state index in [1.54, 1.807) is 0 Å². The number of ether oxygens (including phenoxy) is 1. The molecule has 2 rings (SSSR count). The third-order valence-corrected chi connectivity index (χ3v) is 4.25. The fraction of sp³-hybridized carbons (Fsp3) is 0.438. The highest BCUT2D eigenvalue weighted by Gasteiger charge is 2.40. The van der Waals surface area contributed by atoms with Crippen LogP contribution in [0.1, 0.15) is 24.5 Å². The van der Waals surface area contributed by atoms with Crippen LogP contribution in [0.15, 0.2) is 17.0 Å². The number of nitriles is 1. The summed E-state index contributed by atoms with van der Waals surface area (Å²) in [6, 6.07) is 3.68. The molecule has 22 heavy (non-hydrogen) atoms. The predicted molar refractivity (Wildman–Crippen MR) is 84.2 cm³/mol. The molecule has 2 atom stereocenters. The maximum Gasteiger partial charge on any atom is 0.309 e. The molecular formula is C16H18N2O3S. The van der Waals surface area contributed by atoms with E-state index in [1.165, 1.54) is 0 Å². The standard InChI is InChI=1S/C16H18N2O3S/c1-9-6-13(9)16(20)21-7-14(19)18-15-10(2)4-12(22-8-17)5-11(15)3/h4-5,9,13H,6-7H2,1-3H3,(H,18,19)/t9-,13+/m0/s1. The topological polar surface area (TPSA) is 79.2 Å². The molecule has 0 heterocycles. The first-order chi connectivity index (χ1) is 10.4. The van der Waals surface area contributed by atoms with Gasteiger partial charge in [-0.1, -0.05) is 6.92 Å². The van der Waals surface area contributed by atoms with Crippen LogP contribution in [0.25, 0.3) is 0 Å². The highest BCUT2D eigenvalue weighted by atomic mass is 32.2. The molecule has 1 aliphatic carbocycles. The van der Waals surface area contributed by atoms with Gasteiger partial charge in [0.2, 0.25) is 0 Å². The largest absolute Gasteiger partial charge is 0.455 e. The summed E-state index contributed by atoms with van der Waals surface area (Å²) >= 11 is 1.08. The van der Waals surface area contributed by atoms with Gasteiger partial charge in [0.15, 0.2) is 6.61 Å². The first kappa shape index (κ1) is 16.4. The number of thiocyanates is 1. The molecule has 1 saturated carbocycles. The van der Waals surface area contributed by atoms with E-state index in [0.29, 0.717) is 11.6 Å². The third-order valence-electron chi connectivity index (χ3n) is 3.69. The number of anilines is 1. The van der Waals surface area contributed by atoms with Gasteiger partial charge in [0.1, 0.15) is 5.40 Å². The van der Waals surface area contributed by atoms with E-state index in [2.05, 4.69) is 5.32 Å². The normalized spacial score (nSPS) is 19.2. The van der Waals surface area contributed by atoms with Crippen molar-refractivity contribution in [2.75, 3.05) is 11.9 Å². The minimum absolute atomic E-state index is 0.0430. The molecule has 0 spiro atoms. The second-order valence-corrected chi connectivity index (χ2v) is 6.46. The number of aryl methyl sites for hydroxylation is 2. The van der Waals surface area contributed by atoms with Crippen LogP contribution < -0.4 is 5.32 Å². The maximum absolute atomic E-state index is 11.9. The van der Waals surface area contributed by atoms with Crippen molar-refractivity contribution in [1.82, 2.24) is 0 Å². The van der Waals surface area contributed by atoms with Crippen LogP contribution >= 0.6 is 11.8 Å². The number of rotatable bonds is 5. The average Bonchev–Trinajstić information content (AvgIpc) is 3.18. The van der Waals surface area contributed by atoms with Gasteiger partial charge in [-0.2, -0.15) is 5.26 Å². The van der Waals surface area contributed by atoms with E-state index in [4.69, 9.17) is 10.00 Å². The smallest absolute Gasteiger partial charge is 0.309 e.